The van der Waals surface area contributed by atoms with Gasteiger partial charge in [0.25, 0.3) is 0 Å². The van der Waals surface area contributed by atoms with E-state index in [-0.39, 0.29) is 17.6 Å². The van der Waals surface area contributed by atoms with Crippen LogP contribution in [0.15, 0.2) is 24.3 Å². The molecule has 1 aromatic carbocycles. The van der Waals surface area contributed by atoms with Gasteiger partial charge in [-0.1, -0.05) is 12.1 Å². The third-order valence-corrected chi connectivity index (χ3v) is 3.13. The number of hydrogen-bond acceptors (Lipinski definition) is 2. The number of hydrogen-bond donors (Lipinski definition) is 1. The van der Waals surface area contributed by atoms with Gasteiger partial charge >= 0.3 is 0 Å². The summed E-state index contributed by atoms with van der Waals surface area (Å²) < 4.78 is 12.8. The van der Waals surface area contributed by atoms with E-state index in [0.29, 0.717) is 6.54 Å². The second-order valence-electron chi connectivity index (χ2n) is 4.50. The lowest BCUT2D eigenvalue weighted by atomic mass is 10.1. The SMILES string of the molecule is CC1NC(=O)C(C)N(Cc2ccc(F)cc2)C1=O. The number of piperazine rings is 1. The van der Waals surface area contributed by atoms with Crippen molar-refractivity contribution in [3.8, 4) is 0 Å². The first-order valence-corrected chi connectivity index (χ1v) is 5.84. The summed E-state index contributed by atoms with van der Waals surface area (Å²) in [7, 11) is 0. The van der Waals surface area contributed by atoms with E-state index in [1.807, 2.05) is 0 Å². The zero-order valence-corrected chi connectivity index (χ0v) is 10.3. The zero-order valence-electron chi connectivity index (χ0n) is 10.3. The van der Waals surface area contributed by atoms with Gasteiger partial charge in [0.15, 0.2) is 0 Å². The normalized spacial score (nSPS) is 24.1. The molecule has 18 heavy (non-hydrogen) atoms. The van der Waals surface area contributed by atoms with E-state index in [9.17, 15) is 14.0 Å². The number of carbonyl (C=O) groups is 2. The molecule has 1 aliphatic rings. The van der Waals surface area contributed by atoms with Gasteiger partial charge < -0.3 is 10.2 Å². The number of benzene rings is 1. The fourth-order valence-electron chi connectivity index (χ4n) is 1.98. The number of rotatable bonds is 2. The monoisotopic (exact) mass is 250 g/mol. The van der Waals surface area contributed by atoms with Crippen molar-refractivity contribution in [2.24, 2.45) is 0 Å². The molecule has 1 aromatic rings. The Kier molecular flexibility index (Phi) is 3.32. The van der Waals surface area contributed by atoms with E-state index in [2.05, 4.69) is 5.32 Å². The average molecular weight is 250 g/mol. The molecule has 2 rings (SSSR count). The van der Waals surface area contributed by atoms with Gasteiger partial charge in [-0.25, -0.2) is 4.39 Å². The molecule has 96 valence electrons. The van der Waals surface area contributed by atoms with E-state index in [1.165, 1.54) is 17.0 Å². The molecule has 4 nitrogen and oxygen atoms in total. The van der Waals surface area contributed by atoms with Gasteiger partial charge in [-0.15, -0.1) is 0 Å². The fourth-order valence-corrected chi connectivity index (χ4v) is 1.98. The number of nitrogens with one attached hydrogen (secondary N) is 1. The van der Waals surface area contributed by atoms with Gasteiger partial charge in [0.05, 0.1) is 0 Å². The number of nitrogens with zero attached hydrogens (tertiary/aromatic N) is 1. The second kappa shape index (κ2) is 4.76. The molecule has 5 heteroatoms. The molecule has 2 atom stereocenters. The maximum Gasteiger partial charge on any atom is 0.245 e. The summed E-state index contributed by atoms with van der Waals surface area (Å²) in [6.45, 7) is 3.66. The van der Waals surface area contributed by atoms with E-state index >= 15 is 0 Å². The topological polar surface area (TPSA) is 49.4 Å². The minimum atomic E-state index is -0.505. The Morgan fingerprint density at radius 1 is 1.22 bits per heavy atom. The molecule has 0 radical (unpaired) electrons. The Morgan fingerprint density at radius 2 is 1.83 bits per heavy atom. The second-order valence-corrected chi connectivity index (χ2v) is 4.50. The Labute approximate surface area is 105 Å². The summed E-state index contributed by atoms with van der Waals surface area (Å²) in [6, 6.07) is 4.92. The highest BCUT2D eigenvalue weighted by Crippen LogP contribution is 2.14. The number of carbonyl (C=O) groups excluding carboxylic acids is 2. The third kappa shape index (κ3) is 2.34. The molecule has 1 aliphatic heterocycles. The summed E-state index contributed by atoms with van der Waals surface area (Å²) in [5.41, 5.74) is 0.804. The minimum absolute atomic E-state index is 0.119. The van der Waals surface area contributed by atoms with Crippen molar-refractivity contribution in [2.75, 3.05) is 0 Å². The maximum atomic E-state index is 12.8. The van der Waals surface area contributed by atoms with Crippen LogP contribution in [0.4, 0.5) is 4.39 Å². The molecule has 0 aromatic heterocycles. The van der Waals surface area contributed by atoms with Crippen LogP contribution in [0, 0.1) is 5.82 Å². The predicted octanol–water partition coefficient (Wildman–Crippen LogP) is 1.06. The van der Waals surface area contributed by atoms with Crippen molar-refractivity contribution >= 4 is 11.8 Å². The largest absolute Gasteiger partial charge is 0.343 e. The Morgan fingerprint density at radius 3 is 2.44 bits per heavy atom. The van der Waals surface area contributed by atoms with Gasteiger partial charge in [-0.3, -0.25) is 9.59 Å². The van der Waals surface area contributed by atoms with Gasteiger partial charge in [-0.05, 0) is 31.5 Å². The fraction of sp³-hybridized carbons (Fsp3) is 0.385. The van der Waals surface area contributed by atoms with Crippen LogP contribution in [-0.4, -0.2) is 28.8 Å². The molecule has 1 fully saturated rings. The molecule has 2 amide bonds. The van der Waals surface area contributed by atoms with Crippen LogP contribution in [0.1, 0.15) is 19.4 Å². The summed E-state index contributed by atoms with van der Waals surface area (Å²) in [5, 5.41) is 2.61. The molecule has 0 saturated carbocycles. The lowest BCUT2D eigenvalue weighted by molar-refractivity contribution is -0.148. The van der Waals surface area contributed by atoms with E-state index < -0.39 is 12.1 Å². The Hall–Kier alpha value is -1.91. The van der Waals surface area contributed by atoms with Gasteiger partial charge in [-0.2, -0.15) is 0 Å². The molecular weight excluding hydrogens is 235 g/mol. The van der Waals surface area contributed by atoms with E-state index in [4.69, 9.17) is 0 Å². The van der Waals surface area contributed by atoms with Crippen LogP contribution in [0.5, 0.6) is 0 Å². The predicted molar refractivity (Wildman–Crippen MR) is 64.0 cm³/mol. The van der Waals surface area contributed by atoms with Crippen LogP contribution in [0.2, 0.25) is 0 Å². The maximum absolute atomic E-state index is 12.8. The third-order valence-electron chi connectivity index (χ3n) is 3.13. The first-order valence-electron chi connectivity index (χ1n) is 5.84. The van der Waals surface area contributed by atoms with Crippen molar-refractivity contribution in [3.63, 3.8) is 0 Å². The first-order chi connectivity index (χ1) is 8.49. The molecule has 1 N–H and O–H groups in total. The summed E-state index contributed by atoms with van der Waals surface area (Å²) in [4.78, 5) is 25.1. The molecule has 0 aliphatic carbocycles. The quantitative estimate of drug-likeness (QED) is 0.853. The van der Waals surface area contributed by atoms with Crippen molar-refractivity contribution in [1.29, 1.82) is 0 Å². The highest BCUT2D eigenvalue weighted by molar-refractivity contribution is 5.96. The molecule has 2 unspecified atom stereocenters. The lowest BCUT2D eigenvalue weighted by Crippen LogP contribution is -2.60. The van der Waals surface area contributed by atoms with Crippen molar-refractivity contribution in [1.82, 2.24) is 10.2 Å². The smallest absolute Gasteiger partial charge is 0.245 e. The van der Waals surface area contributed by atoms with Crippen molar-refractivity contribution in [3.05, 3.63) is 35.6 Å². The summed E-state index contributed by atoms with van der Waals surface area (Å²) in [6.07, 6.45) is 0. The van der Waals surface area contributed by atoms with E-state index in [0.717, 1.165) is 5.56 Å². The highest BCUT2D eigenvalue weighted by Gasteiger charge is 2.35. The molecular formula is C13H15FN2O2. The molecule has 1 heterocycles. The van der Waals surface area contributed by atoms with Crippen molar-refractivity contribution in [2.45, 2.75) is 32.5 Å². The zero-order chi connectivity index (χ0) is 13.3. The molecule has 1 saturated heterocycles. The number of amides is 2. The number of halogens is 1. The van der Waals surface area contributed by atoms with Crippen LogP contribution in [-0.2, 0) is 16.1 Å². The molecule has 0 spiro atoms. The van der Waals surface area contributed by atoms with Gasteiger partial charge in [0, 0.05) is 6.54 Å². The first kappa shape index (κ1) is 12.5. The van der Waals surface area contributed by atoms with Crippen LogP contribution >= 0.6 is 0 Å². The lowest BCUT2D eigenvalue weighted by Gasteiger charge is -2.36. The van der Waals surface area contributed by atoms with E-state index in [1.54, 1.807) is 26.0 Å². The van der Waals surface area contributed by atoms with Crippen LogP contribution < -0.4 is 5.32 Å². The van der Waals surface area contributed by atoms with Gasteiger partial charge in [0.1, 0.15) is 17.9 Å². The Bertz CT molecular complexity index is 472. The van der Waals surface area contributed by atoms with Crippen LogP contribution in [0.3, 0.4) is 0 Å². The minimum Gasteiger partial charge on any atom is -0.343 e. The van der Waals surface area contributed by atoms with Crippen LogP contribution in [0.25, 0.3) is 0 Å². The average Bonchev–Trinajstić information content (AvgIpc) is 2.34. The molecule has 0 bridgehead atoms. The summed E-state index contributed by atoms with van der Waals surface area (Å²) >= 11 is 0. The highest BCUT2D eigenvalue weighted by atomic mass is 19.1. The van der Waals surface area contributed by atoms with Crippen molar-refractivity contribution < 1.29 is 14.0 Å². The summed E-state index contributed by atoms with van der Waals surface area (Å²) in [5.74, 6) is -0.599. The Balaban J connectivity index is 2.17. The standard InChI is InChI=1S/C13H15FN2O2/c1-8-13(18)16(9(2)12(17)15-8)7-10-3-5-11(14)6-4-10/h3-6,8-9H,7H2,1-2H3,(H,15,17). The van der Waals surface area contributed by atoms with Gasteiger partial charge in [0.2, 0.25) is 11.8 Å².